The Balaban J connectivity index is 2.41. The summed E-state index contributed by atoms with van der Waals surface area (Å²) in [5, 5.41) is 8.79. The number of hydrogen-bond acceptors (Lipinski definition) is 4. The van der Waals surface area contributed by atoms with E-state index < -0.39 is 21.8 Å². The van der Waals surface area contributed by atoms with Gasteiger partial charge in [-0.2, -0.15) is 0 Å². The van der Waals surface area contributed by atoms with Crippen LogP contribution in [0, 0.1) is 12.7 Å². The number of sulfonamides is 1. The van der Waals surface area contributed by atoms with E-state index in [-0.39, 0.29) is 20.5 Å². The lowest BCUT2D eigenvalue weighted by Gasteiger charge is -2.09. The average molecular weight is 350 g/mol. The van der Waals surface area contributed by atoms with Crippen molar-refractivity contribution in [3.05, 3.63) is 44.9 Å². The summed E-state index contributed by atoms with van der Waals surface area (Å²) in [6, 6.07) is 4.30. The van der Waals surface area contributed by atoms with Crippen LogP contribution in [0.15, 0.2) is 29.2 Å². The molecular formula is C12H9ClFNO4S2. The van der Waals surface area contributed by atoms with Crippen LogP contribution in [0.4, 0.5) is 10.1 Å². The Kier molecular flexibility index (Phi) is 4.22. The van der Waals surface area contributed by atoms with Gasteiger partial charge in [-0.15, -0.1) is 11.3 Å². The van der Waals surface area contributed by atoms with Gasteiger partial charge in [-0.05, 0) is 31.2 Å². The molecule has 0 fully saturated rings. The van der Waals surface area contributed by atoms with Crippen molar-refractivity contribution >= 4 is 44.6 Å². The summed E-state index contributed by atoms with van der Waals surface area (Å²) < 4.78 is 39.6. The highest BCUT2D eigenvalue weighted by Crippen LogP contribution is 2.30. The number of hydrogen-bond donors (Lipinski definition) is 2. The predicted octanol–water partition coefficient (Wildman–Crippen LogP) is 3.35. The van der Waals surface area contributed by atoms with Crippen molar-refractivity contribution in [2.24, 2.45) is 0 Å². The molecule has 0 amide bonds. The van der Waals surface area contributed by atoms with Gasteiger partial charge in [0.1, 0.15) is 15.6 Å². The fourth-order valence-electron chi connectivity index (χ4n) is 1.61. The molecule has 1 aromatic heterocycles. The second-order valence-electron chi connectivity index (χ2n) is 4.07. The largest absolute Gasteiger partial charge is 0.477 e. The first kappa shape index (κ1) is 15.7. The third-order valence-corrected chi connectivity index (χ3v) is 5.52. The molecule has 0 atom stereocenters. The fourth-order valence-corrected chi connectivity index (χ4v) is 4.39. The summed E-state index contributed by atoms with van der Waals surface area (Å²) in [5.41, 5.74) is 0.0144. The molecule has 9 heteroatoms. The number of nitrogens with one attached hydrogen (secondary N) is 1. The average Bonchev–Trinajstić information content (AvgIpc) is 2.76. The zero-order valence-electron chi connectivity index (χ0n) is 10.6. The second-order valence-corrected chi connectivity index (χ2v) is 7.38. The van der Waals surface area contributed by atoms with Crippen molar-refractivity contribution < 1.29 is 22.7 Å². The molecule has 0 radical (unpaired) electrons. The highest BCUT2D eigenvalue weighted by atomic mass is 35.5. The molecule has 1 heterocycles. The minimum Gasteiger partial charge on any atom is -0.477 e. The highest BCUT2D eigenvalue weighted by Gasteiger charge is 2.23. The maximum absolute atomic E-state index is 12.9. The number of carbonyl (C=O) groups is 1. The van der Waals surface area contributed by atoms with Crippen molar-refractivity contribution in [3.8, 4) is 0 Å². The summed E-state index contributed by atoms with van der Waals surface area (Å²) in [6.07, 6.45) is 0. The summed E-state index contributed by atoms with van der Waals surface area (Å²) in [4.78, 5) is 11.0. The molecule has 112 valence electrons. The number of aryl methyl sites for hydroxylation is 1. The van der Waals surface area contributed by atoms with Crippen molar-refractivity contribution in [2.75, 3.05) is 4.72 Å². The lowest BCUT2D eigenvalue weighted by atomic mass is 10.3. The summed E-state index contributed by atoms with van der Waals surface area (Å²) in [5.74, 6) is -1.80. The smallest absolute Gasteiger partial charge is 0.345 e. The number of thiophene rings is 1. The topological polar surface area (TPSA) is 83.5 Å². The molecular weight excluding hydrogens is 341 g/mol. The molecule has 2 rings (SSSR count). The molecule has 0 spiro atoms. The van der Waals surface area contributed by atoms with Gasteiger partial charge < -0.3 is 5.11 Å². The number of carboxylic acids is 1. The molecule has 21 heavy (non-hydrogen) atoms. The molecule has 2 aromatic rings. The van der Waals surface area contributed by atoms with Gasteiger partial charge >= 0.3 is 5.97 Å². The number of anilines is 1. The van der Waals surface area contributed by atoms with Crippen molar-refractivity contribution in [2.45, 2.75) is 11.8 Å². The van der Waals surface area contributed by atoms with Crippen LogP contribution in [0.3, 0.4) is 0 Å². The summed E-state index contributed by atoms with van der Waals surface area (Å²) in [6.45, 7) is 1.50. The van der Waals surface area contributed by atoms with Crippen LogP contribution in [0.1, 0.15) is 14.5 Å². The SMILES string of the molecule is Cc1sc(C(=O)O)cc1S(=O)(=O)Nc1ccc(F)cc1Cl. The maximum atomic E-state index is 12.9. The van der Waals surface area contributed by atoms with Crippen LogP contribution in [-0.2, 0) is 10.0 Å². The van der Waals surface area contributed by atoms with Gasteiger partial charge in [0, 0.05) is 4.88 Å². The molecule has 5 nitrogen and oxygen atoms in total. The van der Waals surface area contributed by atoms with E-state index in [2.05, 4.69) is 4.72 Å². The molecule has 0 aliphatic heterocycles. The standard InChI is InChI=1S/C12H9ClFNO4S2/c1-6-11(5-10(20-6)12(16)17)21(18,19)15-9-3-2-7(14)4-8(9)13/h2-5,15H,1H3,(H,16,17). The normalized spacial score (nSPS) is 11.4. The minimum absolute atomic E-state index is 0.0144. The van der Waals surface area contributed by atoms with Gasteiger partial charge in [-0.3, -0.25) is 4.72 Å². The lowest BCUT2D eigenvalue weighted by molar-refractivity contribution is 0.0702. The number of carboxylic acid groups (broad SMARTS) is 1. The molecule has 0 unspecified atom stereocenters. The van der Waals surface area contributed by atoms with Gasteiger partial charge in [-0.1, -0.05) is 11.6 Å². The lowest BCUT2D eigenvalue weighted by Crippen LogP contribution is -2.13. The van der Waals surface area contributed by atoms with Crippen LogP contribution < -0.4 is 4.72 Å². The molecule has 2 N–H and O–H groups in total. The van der Waals surface area contributed by atoms with E-state index >= 15 is 0 Å². The first-order valence-corrected chi connectivity index (χ1v) is 8.20. The molecule has 1 aromatic carbocycles. The molecule has 0 aliphatic rings. The zero-order chi connectivity index (χ0) is 15.8. The zero-order valence-corrected chi connectivity index (χ0v) is 12.9. The van der Waals surface area contributed by atoms with Crippen LogP contribution in [0.5, 0.6) is 0 Å². The van der Waals surface area contributed by atoms with Gasteiger partial charge in [0.15, 0.2) is 0 Å². The van der Waals surface area contributed by atoms with E-state index in [0.29, 0.717) is 4.88 Å². The van der Waals surface area contributed by atoms with Crippen LogP contribution >= 0.6 is 22.9 Å². The highest BCUT2D eigenvalue weighted by molar-refractivity contribution is 7.93. The number of benzene rings is 1. The summed E-state index contributed by atoms with van der Waals surface area (Å²) in [7, 11) is -4.00. The Hall–Kier alpha value is -1.64. The Labute approximate surface area is 129 Å². The quantitative estimate of drug-likeness (QED) is 0.886. The van der Waals surface area contributed by atoms with E-state index in [1.165, 1.54) is 13.0 Å². The van der Waals surface area contributed by atoms with E-state index in [9.17, 15) is 17.6 Å². The number of rotatable bonds is 4. The van der Waals surface area contributed by atoms with Gasteiger partial charge in [0.05, 0.1) is 10.7 Å². The summed E-state index contributed by atoms with van der Waals surface area (Å²) >= 11 is 6.61. The van der Waals surface area contributed by atoms with Crippen molar-refractivity contribution in [3.63, 3.8) is 0 Å². The Morgan fingerprint density at radius 2 is 2.05 bits per heavy atom. The number of halogens is 2. The van der Waals surface area contributed by atoms with E-state index in [1.807, 2.05) is 0 Å². The third-order valence-electron chi connectivity index (χ3n) is 2.55. The molecule has 0 bridgehead atoms. The second kappa shape index (κ2) is 5.63. The first-order valence-electron chi connectivity index (χ1n) is 5.52. The minimum atomic E-state index is -4.00. The van der Waals surface area contributed by atoms with Crippen molar-refractivity contribution in [1.29, 1.82) is 0 Å². The van der Waals surface area contributed by atoms with Gasteiger partial charge in [-0.25, -0.2) is 17.6 Å². The third kappa shape index (κ3) is 3.34. The van der Waals surface area contributed by atoms with Crippen LogP contribution in [0.25, 0.3) is 0 Å². The first-order chi connectivity index (χ1) is 9.70. The Bertz CT molecular complexity index is 817. The van der Waals surface area contributed by atoms with E-state index in [1.54, 1.807) is 0 Å². The van der Waals surface area contributed by atoms with E-state index in [0.717, 1.165) is 29.5 Å². The maximum Gasteiger partial charge on any atom is 0.345 e. The predicted molar refractivity (Wildman–Crippen MR) is 78.2 cm³/mol. The van der Waals surface area contributed by atoms with Gasteiger partial charge in [0.2, 0.25) is 0 Å². The fraction of sp³-hybridized carbons (Fsp3) is 0.0833. The molecule has 0 saturated carbocycles. The Morgan fingerprint density at radius 3 is 2.57 bits per heavy atom. The van der Waals surface area contributed by atoms with Crippen molar-refractivity contribution in [1.82, 2.24) is 0 Å². The van der Waals surface area contributed by atoms with Crippen LogP contribution in [-0.4, -0.2) is 19.5 Å². The number of aromatic carboxylic acids is 1. The Morgan fingerprint density at radius 1 is 1.38 bits per heavy atom. The van der Waals surface area contributed by atoms with E-state index in [4.69, 9.17) is 16.7 Å². The molecule has 0 saturated heterocycles. The van der Waals surface area contributed by atoms with Crippen LogP contribution in [0.2, 0.25) is 5.02 Å². The molecule has 0 aliphatic carbocycles. The van der Waals surface area contributed by atoms with Gasteiger partial charge in [0.25, 0.3) is 10.0 Å². The monoisotopic (exact) mass is 349 g/mol.